The number of aryl methyl sites for hydroxylation is 1. The summed E-state index contributed by atoms with van der Waals surface area (Å²) in [5.74, 6) is -0.235. The van der Waals surface area contributed by atoms with Gasteiger partial charge in [-0.2, -0.15) is 4.98 Å². The topological polar surface area (TPSA) is 78.3 Å². The fraction of sp³-hybridized carbons (Fsp3) is 0.286. The van der Waals surface area contributed by atoms with Gasteiger partial charge >= 0.3 is 5.97 Å². The molecule has 5 nitrogen and oxygen atoms in total. The third kappa shape index (κ3) is 2.59. The average molecular weight is 260 g/mol. The SMILES string of the molecule is CCOC(=O)c1nc(-c2ccccc2CC)oc1N. The van der Waals surface area contributed by atoms with Gasteiger partial charge in [0.05, 0.1) is 6.61 Å². The molecule has 0 aliphatic heterocycles. The van der Waals surface area contributed by atoms with Gasteiger partial charge in [-0.1, -0.05) is 25.1 Å². The van der Waals surface area contributed by atoms with Crippen molar-refractivity contribution in [1.82, 2.24) is 4.98 Å². The molecule has 1 heterocycles. The third-order valence-corrected chi connectivity index (χ3v) is 2.75. The summed E-state index contributed by atoms with van der Waals surface area (Å²) >= 11 is 0. The van der Waals surface area contributed by atoms with Crippen LogP contribution in [-0.4, -0.2) is 17.6 Å². The molecule has 0 aliphatic rings. The van der Waals surface area contributed by atoms with E-state index in [1.54, 1.807) is 6.92 Å². The number of ether oxygens (including phenoxy) is 1. The fourth-order valence-electron chi connectivity index (χ4n) is 1.83. The standard InChI is InChI=1S/C14H16N2O3/c1-3-9-7-5-6-8-10(9)13-16-11(12(15)19-13)14(17)18-4-2/h5-8H,3-4,15H2,1-2H3. The van der Waals surface area contributed by atoms with E-state index in [4.69, 9.17) is 14.9 Å². The lowest BCUT2D eigenvalue weighted by atomic mass is 10.1. The molecule has 0 aliphatic carbocycles. The first-order valence-corrected chi connectivity index (χ1v) is 6.19. The maximum Gasteiger partial charge on any atom is 0.362 e. The molecule has 0 unspecified atom stereocenters. The Labute approximate surface area is 111 Å². The van der Waals surface area contributed by atoms with Crippen LogP contribution in [0.4, 0.5) is 5.88 Å². The van der Waals surface area contributed by atoms with Crippen LogP contribution in [0.5, 0.6) is 0 Å². The van der Waals surface area contributed by atoms with Crippen LogP contribution < -0.4 is 5.73 Å². The second kappa shape index (κ2) is 5.56. The van der Waals surface area contributed by atoms with Crippen LogP contribution in [0.3, 0.4) is 0 Å². The highest BCUT2D eigenvalue weighted by molar-refractivity contribution is 5.92. The van der Waals surface area contributed by atoms with Crippen molar-refractivity contribution in [3.63, 3.8) is 0 Å². The summed E-state index contributed by atoms with van der Waals surface area (Å²) in [6.45, 7) is 4.03. The van der Waals surface area contributed by atoms with E-state index in [-0.39, 0.29) is 18.2 Å². The molecule has 2 N–H and O–H groups in total. The summed E-state index contributed by atoms with van der Waals surface area (Å²) in [6.07, 6.45) is 0.840. The Morgan fingerprint density at radius 1 is 1.37 bits per heavy atom. The van der Waals surface area contributed by atoms with Crippen molar-refractivity contribution in [2.24, 2.45) is 0 Å². The molecular formula is C14H16N2O3. The summed E-state index contributed by atoms with van der Waals surface area (Å²) in [5, 5.41) is 0. The van der Waals surface area contributed by atoms with E-state index in [1.807, 2.05) is 31.2 Å². The molecule has 19 heavy (non-hydrogen) atoms. The second-order valence-corrected chi connectivity index (χ2v) is 3.96. The molecule has 0 radical (unpaired) electrons. The summed E-state index contributed by atoms with van der Waals surface area (Å²) in [6, 6.07) is 7.71. The number of nitrogen functional groups attached to an aromatic ring is 1. The molecular weight excluding hydrogens is 244 g/mol. The van der Waals surface area contributed by atoms with Gasteiger partial charge in [-0.15, -0.1) is 0 Å². The summed E-state index contributed by atoms with van der Waals surface area (Å²) in [5.41, 5.74) is 7.62. The molecule has 0 fully saturated rings. The van der Waals surface area contributed by atoms with Crippen molar-refractivity contribution in [2.75, 3.05) is 12.3 Å². The molecule has 2 aromatic rings. The van der Waals surface area contributed by atoms with Crippen LogP contribution in [0.25, 0.3) is 11.5 Å². The monoisotopic (exact) mass is 260 g/mol. The Bertz CT molecular complexity index is 590. The lowest BCUT2D eigenvalue weighted by Gasteiger charge is -2.02. The Kier molecular flexibility index (Phi) is 3.85. The number of nitrogens with zero attached hydrogens (tertiary/aromatic N) is 1. The first kappa shape index (κ1) is 13.1. The van der Waals surface area contributed by atoms with Gasteiger partial charge in [-0.3, -0.25) is 0 Å². The predicted molar refractivity (Wildman–Crippen MR) is 71.7 cm³/mol. The van der Waals surface area contributed by atoms with Crippen LogP contribution in [-0.2, 0) is 11.2 Å². The van der Waals surface area contributed by atoms with Crippen molar-refractivity contribution in [3.8, 4) is 11.5 Å². The third-order valence-electron chi connectivity index (χ3n) is 2.75. The number of aromatic nitrogens is 1. The number of benzene rings is 1. The zero-order valence-electron chi connectivity index (χ0n) is 11.0. The zero-order valence-corrected chi connectivity index (χ0v) is 11.0. The highest BCUT2D eigenvalue weighted by Crippen LogP contribution is 2.27. The molecule has 0 spiro atoms. The minimum atomic E-state index is -0.566. The number of carbonyl (C=O) groups is 1. The van der Waals surface area contributed by atoms with Crippen LogP contribution in [0.1, 0.15) is 29.9 Å². The van der Waals surface area contributed by atoms with Gasteiger partial charge in [-0.25, -0.2) is 4.79 Å². The Morgan fingerprint density at radius 3 is 2.79 bits per heavy atom. The molecule has 0 saturated heterocycles. The van der Waals surface area contributed by atoms with E-state index in [0.29, 0.717) is 5.89 Å². The van der Waals surface area contributed by atoms with Gasteiger partial charge in [0.25, 0.3) is 0 Å². The highest BCUT2D eigenvalue weighted by atomic mass is 16.5. The quantitative estimate of drug-likeness (QED) is 0.855. The number of hydrogen-bond donors (Lipinski definition) is 1. The first-order chi connectivity index (χ1) is 9.17. The first-order valence-electron chi connectivity index (χ1n) is 6.19. The van der Waals surface area contributed by atoms with Crippen molar-refractivity contribution in [2.45, 2.75) is 20.3 Å². The van der Waals surface area contributed by atoms with Crippen LogP contribution in [0, 0.1) is 0 Å². The Hall–Kier alpha value is -2.30. The summed E-state index contributed by atoms with van der Waals surface area (Å²) in [4.78, 5) is 15.8. The van der Waals surface area contributed by atoms with E-state index in [2.05, 4.69) is 4.98 Å². The maximum absolute atomic E-state index is 11.6. The number of esters is 1. The van der Waals surface area contributed by atoms with Gasteiger partial charge in [0.2, 0.25) is 17.5 Å². The van der Waals surface area contributed by atoms with Crippen molar-refractivity contribution in [3.05, 3.63) is 35.5 Å². The Morgan fingerprint density at radius 2 is 2.11 bits per heavy atom. The van der Waals surface area contributed by atoms with Gasteiger partial charge < -0.3 is 14.9 Å². The molecule has 1 aromatic carbocycles. The average Bonchev–Trinajstić information content (AvgIpc) is 2.81. The second-order valence-electron chi connectivity index (χ2n) is 3.96. The number of nitrogens with two attached hydrogens (primary N) is 1. The molecule has 0 saturated carbocycles. The number of carbonyl (C=O) groups excluding carboxylic acids is 1. The molecule has 2 rings (SSSR count). The maximum atomic E-state index is 11.6. The lowest BCUT2D eigenvalue weighted by Crippen LogP contribution is -2.07. The smallest absolute Gasteiger partial charge is 0.362 e. The molecule has 1 aromatic heterocycles. The summed E-state index contributed by atoms with van der Waals surface area (Å²) in [7, 11) is 0. The minimum Gasteiger partial charge on any atom is -0.461 e. The minimum absolute atomic E-state index is 0.0145. The normalized spacial score (nSPS) is 10.4. The van der Waals surface area contributed by atoms with Gasteiger partial charge in [0.15, 0.2) is 0 Å². The largest absolute Gasteiger partial charge is 0.461 e. The van der Waals surface area contributed by atoms with Gasteiger partial charge in [-0.05, 0) is 25.0 Å². The molecule has 5 heteroatoms. The van der Waals surface area contributed by atoms with Crippen LogP contribution >= 0.6 is 0 Å². The van der Waals surface area contributed by atoms with E-state index in [9.17, 15) is 4.79 Å². The van der Waals surface area contributed by atoms with Gasteiger partial charge in [0.1, 0.15) is 0 Å². The fourth-order valence-corrected chi connectivity index (χ4v) is 1.83. The van der Waals surface area contributed by atoms with E-state index >= 15 is 0 Å². The number of oxazole rings is 1. The molecule has 100 valence electrons. The van der Waals surface area contributed by atoms with E-state index < -0.39 is 5.97 Å². The van der Waals surface area contributed by atoms with Crippen molar-refractivity contribution < 1.29 is 13.9 Å². The molecule has 0 atom stereocenters. The Balaban J connectivity index is 2.42. The lowest BCUT2D eigenvalue weighted by molar-refractivity contribution is 0.0521. The van der Waals surface area contributed by atoms with E-state index in [0.717, 1.165) is 17.5 Å². The summed E-state index contributed by atoms with van der Waals surface area (Å²) < 4.78 is 10.2. The van der Waals surface area contributed by atoms with Crippen molar-refractivity contribution >= 4 is 11.9 Å². The molecule has 0 bridgehead atoms. The van der Waals surface area contributed by atoms with Crippen LogP contribution in [0.15, 0.2) is 28.7 Å². The van der Waals surface area contributed by atoms with Gasteiger partial charge in [0, 0.05) is 5.56 Å². The highest BCUT2D eigenvalue weighted by Gasteiger charge is 2.20. The van der Waals surface area contributed by atoms with E-state index in [1.165, 1.54) is 0 Å². The number of hydrogen-bond acceptors (Lipinski definition) is 5. The molecule has 0 amide bonds. The predicted octanol–water partition coefficient (Wildman–Crippen LogP) is 2.66. The van der Waals surface area contributed by atoms with Crippen molar-refractivity contribution in [1.29, 1.82) is 0 Å². The number of rotatable bonds is 4. The van der Waals surface area contributed by atoms with Crippen LogP contribution in [0.2, 0.25) is 0 Å². The number of anilines is 1. The zero-order chi connectivity index (χ0) is 13.8.